The van der Waals surface area contributed by atoms with Crippen molar-refractivity contribution in [2.45, 2.75) is 6.10 Å². The van der Waals surface area contributed by atoms with Gasteiger partial charge >= 0.3 is 13.1 Å². The molecule has 1 aromatic rings. The number of carbonyl (C=O) groups is 1. The van der Waals surface area contributed by atoms with Crippen molar-refractivity contribution in [1.82, 2.24) is 0 Å². The number of methoxy groups -OCH3 is 1. The van der Waals surface area contributed by atoms with Crippen LogP contribution in [0.4, 0.5) is 0 Å². The van der Waals surface area contributed by atoms with Crippen LogP contribution in [0, 0.1) is 0 Å². The van der Waals surface area contributed by atoms with Crippen molar-refractivity contribution >= 4 is 18.6 Å². The summed E-state index contributed by atoms with van der Waals surface area (Å²) in [5.74, 6) is -0.533. The summed E-state index contributed by atoms with van der Waals surface area (Å²) in [6, 6.07) is 7.17. The Balaban J connectivity index is 2.34. The maximum Gasteiger partial charge on any atom is 0.492 e. The first-order chi connectivity index (χ1) is 7.65. The molecule has 1 heterocycles. The monoisotopic (exact) mass is 218 g/mol. The van der Waals surface area contributed by atoms with Crippen LogP contribution < -0.4 is 5.46 Å². The second-order valence-corrected chi connectivity index (χ2v) is 3.51. The summed E-state index contributed by atoms with van der Waals surface area (Å²) in [6.45, 7) is 3.63. The molecule has 0 saturated carbocycles. The van der Waals surface area contributed by atoms with Gasteiger partial charge in [0.25, 0.3) is 0 Å². The van der Waals surface area contributed by atoms with Gasteiger partial charge in [0.15, 0.2) is 0 Å². The van der Waals surface area contributed by atoms with Crippen LogP contribution in [-0.4, -0.2) is 25.2 Å². The van der Waals surface area contributed by atoms with E-state index >= 15 is 0 Å². The molecule has 1 aliphatic heterocycles. The fraction of sp³-hybridized carbons (Fsp3) is 0.182. The molecule has 0 aliphatic carbocycles. The van der Waals surface area contributed by atoms with E-state index in [0.717, 1.165) is 5.56 Å². The van der Waals surface area contributed by atoms with Gasteiger partial charge in [0, 0.05) is 0 Å². The summed E-state index contributed by atoms with van der Waals surface area (Å²) in [5.41, 5.74) is 1.61. The lowest BCUT2D eigenvalue weighted by Crippen LogP contribution is -2.27. The molecule has 1 atom stereocenters. The molecule has 1 aliphatic rings. The highest BCUT2D eigenvalue weighted by Crippen LogP contribution is 2.29. The molecule has 0 saturated heterocycles. The van der Waals surface area contributed by atoms with Crippen LogP contribution in [0.2, 0.25) is 0 Å². The molecule has 2 rings (SSSR count). The standard InChI is InChI=1S/C11H11BO4/c1-7(11(13)15-2)10-8-5-3-4-6-9(8)12(14)16-10/h3-6,10,14H,1H2,2H3. The van der Waals surface area contributed by atoms with Crippen LogP contribution in [0.5, 0.6) is 0 Å². The highest BCUT2D eigenvalue weighted by molar-refractivity contribution is 6.61. The fourth-order valence-electron chi connectivity index (χ4n) is 1.76. The molecule has 16 heavy (non-hydrogen) atoms. The van der Waals surface area contributed by atoms with E-state index in [9.17, 15) is 9.82 Å². The third-order valence-corrected chi connectivity index (χ3v) is 2.57. The van der Waals surface area contributed by atoms with Crippen molar-refractivity contribution in [3.8, 4) is 0 Å². The first-order valence-corrected chi connectivity index (χ1v) is 4.84. The minimum absolute atomic E-state index is 0.187. The highest BCUT2D eigenvalue weighted by atomic mass is 16.5. The van der Waals surface area contributed by atoms with Gasteiger partial charge in [-0.2, -0.15) is 0 Å². The van der Waals surface area contributed by atoms with Crippen LogP contribution in [-0.2, 0) is 14.2 Å². The van der Waals surface area contributed by atoms with Crippen LogP contribution in [0.3, 0.4) is 0 Å². The summed E-state index contributed by atoms with van der Waals surface area (Å²) in [7, 11) is 0.271. The minimum Gasteiger partial charge on any atom is -0.466 e. The zero-order chi connectivity index (χ0) is 11.7. The molecule has 0 bridgehead atoms. The predicted molar refractivity (Wildman–Crippen MR) is 59.0 cm³/mol. The minimum atomic E-state index is -1.01. The van der Waals surface area contributed by atoms with Crippen molar-refractivity contribution < 1.29 is 19.2 Å². The molecule has 82 valence electrons. The van der Waals surface area contributed by atoms with Gasteiger partial charge in [-0.1, -0.05) is 30.8 Å². The second-order valence-electron chi connectivity index (χ2n) is 3.51. The molecule has 1 N–H and O–H groups in total. The number of esters is 1. The molecule has 5 heteroatoms. The zero-order valence-electron chi connectivity index (χ0n) is 8.84. The van der Waals surface area contributed by atoms with Gasteiger partial charge in [0.1, 0.15) is 6.10 Å². The number of hydrogen-bond acceptors (Lipinski definition) is 4. The smallest absolute Gasteiger partial charge is 0.466 e. The van der Waals surface area contributed by atoms with Crippen LogP contribution in [0.15, 0.2) is 36.4 Å². The average Bonchev–Trinajstić information content (AvgIpc) is 2.65. The van der Waals surface area contributed by atoms with Gasteiger partial charge < -0.3 is 14.4 Å². The lowest BCUT2D eigenvalue weighted by atomic mass is 9.79. The molecule has 1 aromatic carbocycles. The molecule has 0 fully saturated rings. The van der Waals surface area contributed by atoms with E-state index in [1.54, 1.807) is 18.2 Å². The lowest BCUT2D eigenvalue weighted by Gasteiger charge is -2.13. The molecular weight excluding hydrogens is 207 g/mol. The van der Waals surface area contributed by atoms with Gasteiger partial charge in [0.2, 0.25) is 0 Å². The van der Waals surface area contributed by atoms with Crippen molar-refractivity contribution in [1.29, 1.82) is 0 Å². The maximum absolute atomic E-state index is 11.3. The van der Waals surface area contributed by atoms with E-state index in [0.29, 0.717) is 5.46 Å². The summed E-state index contributed by atoms with van der Waals surface area (Å²) < 4.78 is 9.85. The Morgan fingerprint density at radius 1 is 1.56 bits per heavy atom. The number of ether oxygens (including phenoxy) is 1. The Bertz CT molecular complexity index is 443. The van der Waals surface area contributed by atoms with Crippen molar-refractivity contribution in [2.75, 3.05) is 7.11 Å². The van der Waals surface area contributed by atoms with Gasteiger partial charge in [-0.3, -0.25) is 0 Å². The van der Waals surface area contributed by atoms with E-state index in [1.165, 1.54) is 7.11 Å². The Labute approximate surface area is 93.6 Å². The number of fused-ring (bicyclic) bond motifs is 1. The van der Waals surface area contributed by atoms with Gasteiger partial charge in [-0.25, -0.2) is 4.79 Å². The highest BCUT2D eigenvalue weighted by Gasteiger charge is 2.38. The third kappa shape index (κ3) is 1.64. The van der Waals surface area contributed by atoms with E-state index in [1.807, 2.05) is 6.07 Å². The molecule has 0 radical (unpaired) electrons. The predicted octanol–water partition coefficient (Wildman–Crippen LogP) is 0.175. The summed E-state index contributed by atoms with van der Waals surface area (Å²) in [6.07, 6.45) is -0.626. The Morgan fingerprint density at radius 2 is 2.25 bits per heavy atom. The zero-order valence-corrected chi connectivity index (χ0v) is 8.84. The van der Waals surface area contributed by atoms with E-state index in [4.69, 9.17) is 4.65 Å². The first kappa shape index (κ1) is 10.9. The van der Waals surface area contributed by atoms with Gasteiger partial charge in [-0.15, -0.1) is 0 Å². The SMILES string of the molecule is C=C(C(=O)OC)C1OB(O)c2ccccc21. The van der Waals surface area contributed by atoms with Crippen molar-refractivity contribution in [3.05, 3.63) is 42.0 Å². The van der Waals surface area contributed by atoms with Crippen LogP contribution >= 0.6 is 0 Å². The maximum atomic E-state index is 11.3. The summed E-state index contributed by atoms with van der Waals surface area (Å²) >= 11 is 0. The Kier molecular flexibility index (Phi) is 2.81. The van der Waals surface area contributed by atoms with Crippen molar-refractivity contribution in [2.24, 2.45) is 0 Å². The second kappa shape index (κ2) is 4.12. The van der Waals surface area contributed by atoms with Crippen molar-refractivity contribution in [3.63, 3.8) is 0 Å². The molecule has 0 amide bonds. The largest absolute Gasteiger partial charge is 0.492 e. The van der Waals surface area contributed by atoms with Gasteiger partial charge in [-0.05, 0) is 11.0 Å². The average molecular weight is 218 g/mol. The molecule has 0 aromatic heterocycles. The number of hydrogen-bond donors (Lipinski definition) is 1. The van der Waals surface area contributed by atoms with Crippen LogP contribution in [0.1, 0.15) is 11.7 Å². The Hall–Kier alpha value is -1.59. The summed E-state index contributed by atoms with van der Waals surface area (Å²) in [5, 5.41) is 9.64. The van der Waals surface area contributed by atoms with Gasteiger partial charge in [0.05, 0.1) is 12.7 Å². The van der Waals surface area contributed by atoms with E-state index < -0.39 is 19.2 Å². The Morgan fingerprint density at radius 3 is 2.94 bits per heavy atom. The first-order valence-electron chi connectivity index (χ1n) is 4.84. The molecular formula is C11H11BO4. The molecule has 0 spiro atoms. The molecule has 4 nitrogen and oxygen atoms in total. The van der Waals surface area contributed by atoms with Crippen LogP contribution in [0.25, 0.3) is 0 Å². The van der Waals surface area contributed by atoms with E-state index in [-0.39, 0.29) is 5.57 Å². The number of rotatable bonds is 2. The van der Waals surface area contributed by atoms with E-state index in [2.05, 4.69) is 11.3 Å². The summed E-state index contributed by atoms with van der Waals surface area (Å²) in [4.78, 5) is 11.3. The molecule has 1 unspecified atom stereocenters. The lowest BCUT2D eigenvalue weighted by molar-refractivity contribution is -0.137. The number of carbonyl (C=O) groups excluding carboxylic acids is 1. The topological polar surface area (TPSA) is 55.8 Å². The third-order valence-electron chi connectivity index (χ3n) is 2.57. The fourth-order valence-corrected chi connectivity index (χ4v) is 1.76. The normalized spacial score (nSPS) is 18.1. The quantitative estimate of drug-likeness (QED) is 0.437. The number of benzene rings is 1.